The Kier molecular flexibility index (Phi) is 3.52. The molecule has 2 rings (SSSR count). The highest BCUT2D eigenvalue weighted by atomic mass is 79.9. The smallest absolute Gasteiger partial charge is 0.314 e. The minimum absolute atomic E-state index is 0.0248. The molecule has 0 aromatic heterocycles. The lowest BCUT2D eigenvalue weighted by molar-refractivity contribution is -0.143. The minimum atomic E-state index is -0.955. The second-order valence-electron chi connectivity index (χ2n) is 4.57. The zero-order chi connectivity index (χ0) is 13.3. The summed E-state index contributed by atoms with van der Waals surface area (Å²) in [6, 6.07) is 3.16. The monoisotopic (exact) mass is 314 g/mol. The number of hydrogen-bond acceptors (Lipinski definition) is 3. The number of methoxy groups -OCH3 is 1. The Morgan fingerprint density at radius 2 is 2.00 bits per heavy atom. The third-order valence-electron chi connectivity index (χ3n) is 3.64. The second-order valence-corrected chi connectivity index (χ2v) is 5.42. The zero-order valence-corrected chi connectivity index (χ0v) is 11.7. The Balaban J connectivity index is 2.68. The van der Waals surface area contributed by atoms with Crippen molar-refractivity contribution >= 4 is 21.9 Å². The van der Waals surface area contributed by atoms with Gasteiger partial charge < -0.3 is 14.9 Å². The number of phenols is 1. The van der Waals surface area contributed by atoms with Crippen LogP contribution in [0.3, 0.4) is 0 Å². The van der Waals surface area contributed by atoms with Crippen molar-refractivity contribution in [3.05, 3.63) is 22.2 Å². The number of rotatable bonds is 3. The maximum atomic E-state index is 11.7. The maximum Gasteiger partial charge on any atom is 0.314 e. The first-order chi connectivity index (χ1) is 8.53. The number of halogens is 1. The van der Waals surface area contributed by atoms with Gasteiger partial charge in [0, 0.05) is 10.0 Å². The summed E-state index contributed by atoms with van der Waals surface area (Å²) in [5, 5.41) is 19.4. The first-order valence-electron chi connectivity index (χ1n) is 5.82. The summed E-state index contributed by atoms with van der Waals surface area (Å²) < 4.78 is 5.87. The quantitative estimate of drug-likeness (QED) is 0.899. The fourth-order valence-corrected chi connectivity index (χ4v) is 3.44. The summed E-state index contributed by atoms with van der Waals surface area (Å²) in [4.78, 5) is 11.7. The van der Waals surface area contributed by atoms with Gasteiger partial charge in [0.25, 0.3) is 0 Å². The molecule has 0 saturated heterocycles. The molecule has 0 bridgehead atoms. The number of phenolic OH excluding ortho intramolecular Hbond substituents is 1. The van der Waals surface area contributed by atoms with Gasteiger partial charge in [0.2, 0.25) is 0 Å². The van der Waals surface area contributed by atoms with Crippen molar-refractivity contribution in [2.75, 3.05) is 7.11 Å². The molecule has 1 aromatic rings. The van der Waals surface area contributed by atoms with Gasteiger partial charge in [0.1, 0.15) is 0 Å². The Hall–Kier alpha value is -1.23. The molecule has 1 aromatic carbocycles. The normalized spacial score (nSPS) is 17.7. The van der Waals surface area contributed by atoms with Gasteiger partial charge in [-0.15, -0.1) is 0 Å². The molecule has 0 atom stereocenters. The van der Waals surface area contributed by atoms with Crippen LogP contribution in [0, 0.1) is 0 Å². The Bertz CT molecular complexity index is 478. The standard InChI is InChI=1S/C13H15BrO4/c1-18-11-9(15)5-4-8(14)10(11)13(12(16)17)6-2-3-7-13/h4-5,15H,2-3,6-7H2,1H3,(H,16,17). The van der Waals surface area contributed by atoms with Crippen LogP contribution < -0.4 is 4.74 Å². The fourth-order valence-electron chi connectivity index (χ4n) is 2.75. The molecule has 18 heavy (non-hydrogen) atoms. The van der Waals surface area contributed by atoms with E-state index in [9.17, 15) is 15.0 Å². The van der Waals surface area contributed by atoms with Gasteiger partial charge in [0.05, 0.1) is 12.5 Å². The average molecular weight is 315 g/mol. The van der Waals surface area contributed by atoms with Crippen LogP contribution in [-0.4, -0.2) is 23.3 Å². The van der Waals surface area contributed by atoms with Crippen LogP contribution in [0.1, 0.15) is 31.2 Å². The summed E-state index contributed by atoms with van der Waals surface area (Å²) in [6.07, 6.45) is 2.89. The lowest BCUT2D eigenvalue weighted by Gasteiger charge is -2.27. The Morgan fingerprint density at radius 3 is 2.50 bits per heavy atom. The van der Waals surface area contributed by atoms with Crippen LogP contribution >= 0.6 is 15.9 Å². The van der Waals surface area contributed by atoms with Crippen molar-refractivity contribution in [3.8, 4) is 11.5 Å². The number of aromatic hydroxyl groups is 1. The maximum absolute atomic E-state index is 11.7. The van der Waals surface area contributed by atoms with E-state index < -0.39 is 11.4 Å². The van der Waals surface area contributed by atoms with Crippen LogP contribution in [0.5, 0.6) is 11.5 Å². The molecule has 0 heterocycles. The van der Waals surface area contributed by atoms with Crippen molar-refractivity contribution in [2.45, 2.75) is 31.1 Å². The molecular weight excluding hydrogens is 300 g/mol. The molecule has 1 saturated carbocycles. The van der Waals surface area contributed by atoms with Crippen LogP contribution in [-0.2, 0) is 10.2 Å². The Labute approximate surface area is 114 Å². The SMILES string of the molecule is COc1c(O)ccc(Br)c1C1(C(=O)O)CCCC1. The summed E-state index contributed by atoms with van der Waals surface area (Å²) in [5.74, 6) is -0.624. The number of aliphatic carboxylic acids is 1. The van der Waals surface area contributed by atoms with Gasteiger partial charge >= 0.3 is 5.97 Å². The number of ether oxygens (including phenoxy) is 1. The molecule has 1 aliphatic rings. The van der Waals surface area contributed by atoms with E-state index in [1.54, 1.807) is 6.07 Å². The van der Waals surface area contributed by atoms with E-state index in [0.29, 0.717) is 22.9 Å². The zero-order valence-electron chi connectivity index (χ0n) is 10.1. The average Bonchev–Trinajstić information content (AvgIpc) is 2.82. The largest absolute Gasteiger partial charge is 0.504 e. The molecule has 98 valence electrons. The highest BCUT2D eigenvalue weighted by molar-refractivity contribution is 9.10. The predicted molar refractivity (Wildman–Crippen MR) is 70.1 cm³/mol. The number of benzene rings is 1. The second kappa shape index (κ2) is 4.80. The van der Waals surface area contributed by atoms with Gasteiger partial charge in [-0.25, -0.2) is 0 Å². The van der Waals surface area contributed by atoms with Crippen molar-refractivity contribution in [2.24, 2.45) is 0 Å². The van der Waals surface area contributed by atoms with Gasteiger partial charge in [-0.3, -0.25) is 4.79 Å². The number of carboxylic acids is 1. The Morgan fingerprint density at radius 1 is 1.39 bits per heavy atom. The van der Waals surface area contributed by atoms with Crippen molar-refractivity contribution in [1.29, 1.82) is 0 Å². The van der Waals surface area contributed by atoms with Gasteiger partial charge in [-0.2, -0.15) is 0 Å². The van der Waals surface area contributed by atoms with Crippen molar-refractivity contribution in [1.82, 2.24) is 0 Å². The molecule has 0 amide bonds. The summed E-state index contributed by atoms with van der Waals surface area (Å²) in [5.41, 5.74) is -0.405. The van der Waals surface area contributed by atoms with E-state index >= 15 is 0 Å². The predicted octanol–water partition coefficient (Wildman–Crippen LogP) is 3.06. The number of hydrogen-bond donors (Lipinski definition) is 2. The van der Waals surface area contributed by atoms with Crippen molar-refractivity contribution < 1.29 is 19.7 Å². The van der Waals surface area contributed by atoms with Gasteiger partial charge in [0.15, 0.2) is 11.5 Å². The third-order valence-corrected chi connectivity index (χ3v) is 4.30. The topological polar surface area (TPSA) is 66.8 Å². The van der Waals surface area contributed by atoms with Gasteiger partial charge in [-0.05, 0) is 25.0 Å². The lowest BCUT2D eigenvalue weighted by Crippen LogP contribution is -2.33. The van der Waals surface area contributed by atoms with E-state index in [1.165, 1.54) is 13.2 Å². The lowest BCUT2D eigenvalue weighted by atomic mass is 9.78. The number of carbonyl (C=O) groups is 1. The third kappa shape index (κ3) is 1.86. The molecule has 0 spiro atoms. The van der Waals surface area contributed by atoms with E-state index in [1.807, 2.05) is 0 Å². The van der Waals surface area contributed by atoms with Gasteiger partial charge in [-0.1, -0.05) is 28.8 Å². The molecule has 0 radical (unpaired) electrons. The fraction of sp³-hybridized carbons (Fsp3) is 0.462. The molecule has 2 N–H and O–H groups in total. The summed E-state index contributed by atoms with van der Waals surface area (Å²) in [6.45, 7) is 0. The van der Waals surface area contributed by atoms with Crippen LogP contribution in [0.2, 0.25) is 0 Å². The molecule has 0 aliphatic heterocycles. The van der Waals surface area contributed by atoms with Crippen LogP contribution in [0.25, 0.3) is 0 Å². The number of carboxylic acid groups (broad SMARTS) is 1. The minimum Gasteiger partial charge on any atom is -0.504 e. The van der Waals surface area contributed by atoms with E-state index in [2.05, 4.69) is 15.9 Å². The molecule has 0 unspecified atom stereocenters. The molecule has 1 fully saturated rings. The molecule has 5 heteroatoms. The highest BCUT2D eigenvalue weighted by Crippen LogP contribution is 2.50. The summed E-state index contributed by atoms with van der Waals surface area (Å²) >= 11 is 3.38. The van der Waals surface area contributed by atoms with Crippen molar-refractivity contribution in [3.63, 3.8) is 0 Å². The van der Waals surface area contributed by atoms with E-state index in [-0.39, 0.29) is 11.5 Å². The first-order valence-corrected chi connectivity index (χ1v) is 6.61. The molecule has 4 nitrogen and oxygen atoms in total. The molecule has 1 aliphatic carbocycles. The van der Waals surface area contributed by atoms with E-state index in [0.717, 1.165) is 12.8 Å². The summed E-state index contributed by atoms with van der Waals surface area (Å²) in [7, 11) is 1.44. The van der Waals surface area contributed by atoms with Crippen LogP contribution in [0.4, 0.5) is 0 Å². The van der Waals surface area contributed by atoms with Crippen LogP contribution in [0.15, 0.2) is 16.6 Å². The molecular formula is C13H15BrO4. The first kappa shape index (κ1) is 13.2. The highest BCUT2D eigenvalue weighted by Gasteiger charge is 2.46. The van der Waals surface area contributed by atoms with E-state index in [4.69, 9.17) is 4.74 Å².